The first-order valence-electron chi connectivity index (χ1n) is 4.20. The average Bonchev–Trinajstić information content (AvgIpc) is 2.82. The molecule has 0 aromatic carbocycles. The third kappa shape index (κ3) is 1.81. The van der Waals surface area contributed by atoms with Gasteiger partial charge in [-0.3, -0.25) is 0 Å². The molecule has 0 saturated carbocycles. The molecule has 3 atom stereocenters. The highest BCUT2D eigenvalue weighted by atomic mass is 31.2. The maximum Gasteiger partial charge on any atom is 0.364 e. The summed E-state index contributed by atoms with van der Waals surface area (Å²) in [6.45, 7) is 0.500. The standard InChI is InChI=1S/C7H11F4O3P/c1-4(12)15(13,5-3-14-5)7(10,11)6(2,8)9/h4-5,12H,3H2,1-2H3. The summed E-state index contributed by atoms with van der Waals surface area (Å²) in [5.41, 5.74) is -4.75. The molecule has 3 nitrogen and oxygen atoms in total. The first-order chi connectivity index (χ1) is 6.55. The number of rotatable bonds is 4. The molecule has 0 aliphatic carbocycles. The second-order valence-corrected chi connectivity index (χ2v) is 6.86. The molecule has 1 saturated heterocycles. The van der Waals surface area contributed by atoms with Crippen LogP contribution in [0.4, 0.5) is 17.6 Å². The second-order valence-electron chi connectivity index (χ2n) is 3.56. The van der Waals surface area contributed by atoms with E-state index < -0.39 is 30.4 Å². The summed E-state index contributed by atoms with van der Waals surface area (Å²) in [6.07, 6.45) is 0. The monoisotopic (exact) mass is 250 g/mol. The quantitative estimate of drug-likeness (QED) is 0.473. The zero-order valence-electron chi connectivity index (χ0n) is 8.08. The van der Waals surface area contributed by atoms with Crippen molar-refractivity contribution in [2.75, 3.05) is 6.61 Å². The van der Waals surface area contributed by atoms with Crippen LogP contribution < -0.4 is 0 Å². The summed E-state index contributed by atoms with van der Waals surface area (Å²) in [7, 11) is -4.83. The van der Waals surface area contributed by atoms with E-state index in [2.05, 4.69) is 4.74 Å². The van der Waals surface area contributed by atoms with E-state index in [1.54, 1.807) is 0 Å². The van der Waals surface area contributed by atoms with Crippen LogP contribution in [-0.4, -0.2) is 35.0 Å². The molecule has 1 heterocycles. The van der Waals surface area contributed by atoms with Crippen molar-refractivity contribution in [1.29, 1.82) is 0 Å². The van der Waals surface area contributed by atoms with E-state index in [9.17, 15) is 22.1 Å². The van der Waals surface area contributed by atoms with E-state index in [1.807, 2.05) is 0 Å². The minimum atomic E-state index is -4.83. The van der Waals surface area contributed by atoms with Gasteiger partial charge in [0.15, 0.2) is 0 Å². The molecule has 15 heavy (non-hydrogen) atoms. The fraction of sp³-hybridized carbons (Fsp3) is 1.00. The number of aliphatic hydroxyl groups is 1. The van der Waals surface area contributed by atoms with Crippen LogP contribution in [0.15, 0.2) is 0 Å². The molecular weight excluding hydrogens is 239 g/mol. The lowest BCUT2D eigenvalue weighted by Gasteiger charge is -2.32. The van der Waals surface area contributed by atoms with Crippen molar-refractivity contribution in [2.45, 2.75) is 37.1 Å². The molecule has 90 valence electrons. The number of hydrogen-bond acceptors (Lipinski definition) is 3. The van der Waals surface area contributed by atoms with Crippen molar-refractivity contribution >= 4 is 7.14 Å². The van der Waals surface area contributed by atoms with Crippen molar-refractivity contribution in [1.82, 2.24) is 0 Å². The van der Waals surface area contributed by atoms with Crippen molar-refractivity contribution < 1.29 is 32.0 Å². The lowest BCUT2D eigenvalue weighted by Crippen LogP contribution is -2.41. The van der Waals surface area contributed by atoms with Crippen LogP contribution in [0.1, 0.15) is 13.8 Å². The molecule has 1 rings (SSSR count). The predicted octanol–water partition coefficient (Wildman–Crippen LogP) is 2.29. The van der Waals surface area contributed by atoms with Crippen LogP contribution in [0.5, 0.6) is 0 Å². The Morgan fingerprint density at radius 3 is 2.07 bits per heavy atom. The molecule has 1 N–H and O–H groups in total. The molecule has 1 aliphatic rings. The van der Waals surface area contributed by atoms with Crippen LogP contribution in [0.2, 0.25) is 0 Å². The predicted molar refractivity (Wildman–Crippen MR) is 44.6 cm³/mol. The van der Waals surface area contributed by atoms with Gasteiger partial charge in [0.05, 0.1) is 6.61 Å². The number of alkyl halides is 4. The summed E-state index contributed by atoms with van der Waals surface area (Å²) in [5, 5.41) is 9.02. The summed E-state index contributed by atoms with van der Waals surface area (Å²) in [6, 6.07) is 0. The minimum Gasteiger partial charge on any atom is -0.385 e. The molecule has 8 heteroatoms. The molecule has 1 fully saturated rings. The Labute approximate surface area is 83.8 Å². The van der Waals surface area contributed by atoms with Crippen LogP contribution in [0.25, 0.3) is 0 Å². The summed E-state index contributed by atoms with van der Waals surface area (Å²) in [5.74, 6) is -7.94. The number of epoxide rings is 1. The Morgan fingerprint density at radius 2 is 1.87 bits per heavy atom. The van der Waals surface area contributed by atoms with Gasteiger partial charge in [0.1, 0.15) is 11.7 Å². The number of ether oxygens (including phenoxy) is 1. The molecule has 0 aromatic heterocycles. The van der Waals surface area contributed by atoms with E-state index >= 15 is 0 Å². The van der Waals surface area contributed by atoms with Crippen molar-refractivity contribution in [3.8, 4) is 0 Å². The zero-order valence-corrected chi connectivity index (χ0v) is 8.98. The molecule has 1 aliphatic heterocycles. The Morgan fingerprint density at radius 1 is 1.47 bits per heavy atom. The Balaban J connectivity index is 3.15. The molecule has 3 unspecified atom stereocenters. The first-order valence-corrected chi connectivity index (χ1v) is 6.04. The van der Waals surface area contributed by atoms with E-state index in [0.29, 0.717) is 0 Å². The van der Waals surface area contributed by atoms with Crippen molar-refractivity contribution in [3.63, 3.8) is 0 Å². The van der Waals surface area contributed by atoms with Gasteiger partial charge in [-0.1, -0.05) is 0 Å². The van der Waals surface area contributed by atoms with Crippen LogP contribution >= 0.6 is 7.14 Å². The molecule has 0 bridgehead atoms. The molecular formula is C7H11F4O3P. The highest BCUT2D eigenvalue weighted by Gasteiger charge is 2.71. The van der Waals surface area contributed by atoms with Gasteiger partial charge in [-0.15, -0.1) is 0 Å². The van der Waals surface area contributed by atoms with Gasteiger partial charge in [-0.05, 0) is 6.92 Å². The van der Waals surface area contributed by atoms with E-state index in [1.165, 1.54) is 0 Å². The number of halogens is 4. The number of hydrogen-bond donors (Lipinski definition) is 1. The summed E-state index contributed by atoms with van der Waals surface area (Å²) >= 11 is 0. The Kier molecular flexibility index (Phi) is 2.96. The Bertz CT molecular complexity index is 289. The van der Waals surface area contributed by atoms with Crippen molar-refractivity contribution in [3.05, 3.63) is 0 Å². The van der Waals surface area contributed by atoms with Gasteiger partial charge in [0.25, 0.3) is 0 Å². The van der Waals surface area contributed by atoms with Crippen LogP contribution in [0, 0.1) is 0 Å². The fourth-order valence-corrected chi connectivity index (χ4v) is 3.68. The van der Waals surface area contributed by atoms with Gasteiger partial charge < -0.3 is 14.4 Å². The largest absolute Gasteiger partial charge is 0.385 e. The van der Waals surface area contributed by atoms with Gasteiger partial charge in [0.2, 0.25) is 7.14 Å². The van der Waals surface area contributed by atoms with E-state index in [4.69, 9.17) is 5.11 Å². The normalized spacial score (nSPS) is 28.3. The van der Waals surface area contributed by atoms with Gasteiger partial charge in [-0.2, -0.15) is 17.6 Å². The lowest BCUT2D eigenvalue weighted by molar-refractivity contribution is -0.147. The molecule has 0 amide bonds. The van der Waals surface area contributed by atoms with Crippen LogP contribution in [0.3, 0.4) is 0 Å². The SMILES string of the molecule is CC(O)P(=O)(C1CO1)C(F)(F)C(C)(F)F. The average molecular weight is 250 g/mol. The second kappa shape index (κ2) is 3.43. The van der Waals surface area contributed by atoms with Crippen LogP contribution in [-0.2, 0) is 9.30 Å². The topological polar surface area (TPSA) is 49.8 Å². The summed E-state index contributed by atoms with van der Waals surface area (Å²) in [4.78, 5) is 0. The fourth-order valence-electron chi connectivity index (χ4n) is 1.23. The van der Waals surface area contributed by atoms with Crippen molar-refractivity contribution in [2.24, 2.45) is 0 Å². The first kappa shape index (κ1) is 12.9. The zero-order chi connectivity index (χ0) is 12.1. The maximum atomic E-state index is 13.3. The van der Waals surface area contributed by atoms with E-state index in [0.717, 1.165) is 6.92 Å². The van der Waals surface area contributed by atoms with E-state index in [-0.39, 0.29) is 13.5 Å². The number of aliphatic hydroxyl groups excluding tert-OH is 1. The smallest absolute Gasteiger partial charge is 0.364 e. The minimum absolute atomic E-state index is 0.0234. The Hall–Kier alpha value is -0.130. The van der Waals surface area contributed by atoms with Gasteiger partial charge in [-0.25, -0.2) is 0 Å². The molecule has 0 aromatic rings. The highest BCUT2D eigenvalue weighted by molar-refractivity contribution is 7.66. The molecule has 0 radical (unpaired) electrons. The van der Waals surface area contributed by atoms with Gasteiger partial charge >= 0.3 is 11.6 Å². The molecule has 0 spiro atoms. The maximum absolute atomic E-state index is 13.3. The third-order valence-electron chi connectivity index (χ3n) is 2.27. The highest BCUT2D eigenvalue weighted by Crippen LogP contribution is 2.73. The summed E-state index contributed by atoms with van der Waals surface area (Å²) < 4.78 is 68.0. The van der Waals surface area contributed by atoms with Gasteiger partial charge in [0, 0.05) is 6.92 Å². The lowest BCUT2D eigenvalue weighted by atomic mass is 10.4. The third-order valence-corrected chi connectivity index (χ3v) is 5.80.